The lowest BCUT2D eigenvalue weighted by Crippen LogP contribution is -2.33. The molecule has 0 aliphatic rings. The smallest absolute Gasteiger partial charge is 0.475 e. The summed E-state index contributed by atoms with van der Waals surface area (Å²) in [6.07, 6.45) is -3.49. The number of halogens is 4. The van der Waals surface area contributed by atoms with Gasteiger partial charge in [0.25, 0.3) is 0 Å². The molecule has 0 atom stereocenters. The molecule has 0 spiro atoms. The number of ether oxygens (including phenoxy) is 2. The van der Waals surface area contributed by atoms with Crippen molar-refractivity contribution in [2.75, 3.05) is 0 Å². The number of carbonyl (C=O) groups excluding carboxylic acids is 2. The fourth-order valence-electron chi connectivity index (χ4n) is 3.55. The molecule has 0 unspecified atom stereocenters. The molecule has 0 fully saturated rings. The molecule has 0 aliphatic heterocycles. The first-order valence-corrected chi connectivity index (χ1v) is 13.0. The van der Waals surface area contributed by atoms with Crippen molar-refractivity contribution in [2.24, 2.45) is 11.1 Å². The van der Waals surface area contributed by atoms with E-state index in [1.54, 1.807) is 12.1 Å². The quantitative estimate of drug-likeness (QED) is 0.0843. The van der Waals surface area contributed by atoms with Gasteiger partial charge in [-0.1, -0.05) is 44.2 Å². The van der Waals surface area contributed by atoms with Gasteiger partial charge in [0.15, 0.2) is 11.6 Å². The number of aliphatic carboxylic acids is 1. The number of nitrogen functional groups attached to an aromatic ring is 1. The Morgan fingerprint density at radius 1 is 1.00 bits per heavy atom. The third-order valence-electron chi connectivity index (χ3n) is 6.06. The maximum absolute atomic E-state index is 14.2. The van der Waals surface area contributed by atoms with Gasteiger partial charge in [0, 0.05) is 10.4 Å². The zero-order chi connectivity index (χ0) is 30.8. The van der Waals surface area contributed by atoms with Crippen LogP contribution in [-0.2, 0) is 27.4 Å². The summed E-state index contributed by atoms with van der Waals surface area (Å²) in [5.41, 5.74) is 5.75. The van der Waals surface area contributed by atoms with Crippen LogP contribution in [0, 0.1) is 16.6 Å². The van der Waals surface area contributed by atoms with Gasteiger partial charge in [-0.05, 0) is 55.2 Å². The SMILES string of the molecule is CCC(CC)(Cc1ccc(C(=O)Oc2ccc(C(=N)N)cc2F)s1)C(=O)OCc1ccccc1.O=C(O)C(F)(F)F. The summed E-state index contributed by atoms with van der Waals surface area (Å²) in [6, 6.07) is 16.6. The van der Waals surface area contributed by atoms with E-state index in [0.29, 0.717) is 24.1 Å². The zero-order valence-electron chi connectivity index (χ0n) is 22.1. The summed E-state index contributed by atoms with van der Waals surface area (Å²) in [5.74, 6) is -5.03. The number of hydrogen-bond donors (Lipinski definition) is 3. The van der Waals surface area contributed by atoms with Gasteiger partial charge >= 0.3 is 24.1 Å². The standard InChI is InChI=1S/C26H27FN2O4S.C2HF3O2/c1-3-26(4-2,25(31)32-16-17-8-6-5-7-9-17)15-19-11-13-22(34-19)24(30)33-21-12-10-18(23(28)29)14-20(21)27;3-2(4,5)1(6)7/h5-14H,3-4,15-16H2,1-2H3,(H3,28,29);(H,6,7). The lowest BCUT2D eigenvalue weighted by molar-refractivity contribution is -0.192. The highest BCUT2D eigenvalue weighted by Gasteiger charge is 2.38. The summed E-state index contributed by atoms with van der Waals surface area (Å²) in [7, 11) is 0. The van der Waals surface area contributed by atoms with Gasteiger partial charge in [0.1, 0.15) is 17.3 Å². The fraction of sp³-hybridized carbons (Fsp3) is 0.286. The normalized spacial score (nSPS) is 11.2. The van der Waals surface area contributed by atoms with Crippen LogP contribution in [0.1, 0.15) is 52.4 Å². The number of alkyl halides is 3. The second-order valence-electron chi connectivity index (χ2n) is 8.74. The molecule has 0 saturated carbocycles. The molecule has 1 heterocycles. The van der Waals surface area contributed by atoms with Crippen LogP contribution in [0.4, 0.5) is 17.6 Å². The van der Waals surface area contributed by atoms with Crippen LogP contribution >= 0.6 is 11.3 Å². The molecule has 0 saturated heterocycles. The summed E-state index contributed by atoms with van der Waals surface area (Å²) in [5, 5.41) is 14.5. The summed E-state index contributed by atoms with van der Waals surface area (Å²) < 4.78 is 56.8. The second-order valence-corrected chi connectivity index (χ2v) is 9.91. The highest BCUT2D eigenvalue weighted by Crippen LogP contribution is 2.35. The predicted octanol–water partition coefficient (Wildman–Crippen LogP) is 6.12. The van der Waals surface area contributed by atoms with E-state index in [2.05, 4.69) is 0 Å². The van der Waals surface area contributed by atoms with Gasteiger partial charge in [-0.2, -0.15) is 13.2 Å². The summed E-state index contributed by atoms with van der Waals surface area (Å²) >= 11 is 1.20. The van der Waals surface area contributed by atoms with Crippen molar-refractivity contribution in [1.82, 2.24) is 0 Å². The van der Waals surface area contributed by atoms with E-state index in [4.69, 9.17) is 30.5 Å². The molecule has 2 aromatic carbocycles. The first kappa shape index (κ1) is 32.9. The predicted molar refractivity (Wildman–Crippen MR) is 143 cm³/mol. The van der Waals surface area contributed by atoms with Crippen molar-refractivity contribution in [3.63, 3.8) is 0 Å². The lowest BCUT2D eigenvalue weighted by Gasteiger charge is -2.28. The maximum Gasteiger partial charge on any atom is 0.490 e. The third-order valence-corrected chi connectivity index (χ3v) is 7.13. The lowest BCUT2D eigenvalue weighted by atomic mass is 9.79. The molecule has 1 aromatic heterocycles. The molecule has 0 aliphatic carbocycles. The van der Waals surface area contributed by atoms with Gasteiger partial charge in [-0.3, -0.25) is 10.2 Å². The van der Waals surface area contributed by atoms with Crippen molar-refractivity contribution < 1.29 is 46.5 Å². The highest BCUT2D eigenvalue weighted by atomic mass is 32.1. The minimum absolute atomic E-state index is 0.199. The number of benzene rings is 2. The first-order valence-electron chi connectivity index (χ1n) is 12.2. The number of rotatable bonds is 10. The number of nitrogens with one attached hydrogen (secondary N) is 1. The summed E-state index contributed by atoms with van der Waals surface area (Å²) in [6.45, 7) is 4.10. The number of carboxylic acids is 1. The Labute approximate surface area is 237 Å². The van der Waals surface area contributed by atoms with E-state index in [0.717, 1.165) is 16.5 Å². The first-order chi connectivity index (χ1) is 19.2. The monoisotopic (exact) mass is 596 g/mol. The van der Waals surface area contributed by atoms with E-state index in [1.807, 2.05) is 44.2 Å². The molecule has 0 amide bonds. The van der Waals surface area contributed by atoms with Gasteiger partial charge in [0.05, 0.1) is 5.41 Å². The number of thiophene rings is 1. The van der Waals surface area contributed by atoms with Crippen LogP contribution in [-0.4, -0.2) is 35.0 Å². The minimum Gasteiger partial charge on any atom is -0.475 e. The van der Waals surface area contributed by atoms with Crippen molar-refractivity contribution >= 4 is 35.1 Å². The minimum atomic E-state index is -5.08. The molecule has 13 heteroatoms. The molecule has 41 heavy (non-hydrogen) atoms. The molecule has 3 rings (SSSR count). The zero-order valence-corrected chi connectivity index (χ0v) is 22.9. The van der Waals surface area contributed by atoms with Crippen molar-refractivity contribution in [1.29, 1.82) is 5.41 Å². The second kappa shape index (κ2) is 14.4. The fourth-order valence-corrected chi connectivity index (χ4v) is 4.58. The van der Waals surface area contributed by atoms with E-state index in [-0.39, 0.29) is 29.7 Å². The Bertz CT molecular complexity index is 1370. The number of hydrogen-bond acceptors (Lipinski definition) is 7. The Morgan fingerprint density at radius 2 is 1.61 bits per heavy atom. The van der Waals surface area contributed by atoms with Gasteiger partial charge in [-0.25, -0.2) is 14.0 Å². The number of amidine groups is 1. The Morgan fingerprint density at radius 3 is 2.12 bits per heavy atom. The van der Waals surface area contributed by atoms with Crippen LogP contribution < -0.4 is 10.5 Å². The third kappa shape index (κ3) is 9.41. The number of carbonyl (C=O) groups is 3. The van der Waals surface area contributed by atoms with E-state index >= 15 is 0 Å². The molecule has 0 bridgehead atoms. The maximum atomic E-state index is 14.2. The highest BCUT2D eigenvalue weighted by molar-refractivity contribution is 7.14. The Hall–Kier alpha value is -4.26. The molecular weight excluding hydrogens is 568 g/mol. The van der Waals surface area contributed by atoms with E-state index in [9.17, 15) is 27.2 Å². The molecular formula is C28H28F4N2O6S. The molecule has 8 nitrogen and oxygen atoms in total. The average Bonchev–Trinajstić information content (AvgIpc) is 3.40. The van der Waals surface area contributed by atoms with Gasteiger partial charge in [0.2, 0.25) is 0 Å². The Kier molecular flexibility index (Phi) is 11.6. The van der Waals surface area contributed by atoms with E-state index in [1.165, 1.54) is 23.5 Å². The van der Waals surface area contributed by atoms with Crippen LogP contribution in [0.15, 0.2) is 60.7 Å². The van der Waals surface area contributed by atoms with Crippen LogP contribution in [0.3, 0.4) is 0 Å². The number of nitrogens with two attached hydrogens (primary N) is 1. The molecule has 3 aromatic rings. The molecule has 4 N–H and O–H groups in total. The van der Waals surface area contributed by atoms with Crippen molar-refractivity contribution in [3.05, 3.63) is 87.4 Å². The molecule has 0 radical (unpaired) electrons. The number of esters is 2. The number of carboxylic acid groups (broad SMARTS) is 1. The van der Waals surface area contributed by atoms with Crippen LogP contribution in [0.25, 0.3) is 0 Å². The van der Waals surface area contributed by atoms with E-state index < -0.39 is 29.3 Å². The molecule has 220 valence electrons. The van der Waals surface area contributed by atoms with Gasteiger partial charge < -0.3 is 20.3 Å². The van der Waals surface area contributed by atoms with Crippen LogP contribution in [0.5, 0.6) is 5.75 Å². The topological polar surface area (TPSA) is 140 Å². The van der Waals surface area contributed by atoms with Crippen LogP contribution in [0.2, 0.25) is 0 Å². The average molecular weight is 597 g/mol. The largest absolute Gasteiger partial charge is 0.490 e. The van der Waals surface area contributed by atoms with Crippen molar-refractivity contribution in [3.8, 4) is 5.75 Å². The van der Waals surface area contributed by atoms with Gasteiger partial charge in [-0.15, -0.1) is 11.3 Å². The van der Waals surface area contributed by atoms with Crippen molar-refractivity contribution in [2.45, 2.75) is 45.9 Å². The Balaban J connectivity index is 0.000000745. The summed E-state index contributed by atoms with van der Waals surface area (Å²) in [4.78, 5) is 35.6.